The summed E-state index contributed by atoms with van der Waals surface area (Å²) in [7, 11) is -2.10. The molecule has 0 saturated carbocycles. The molecular weight excluding hydrogens is 693 g/mol. The third kappa shape index (κ3) is 11.8. The Hall–Kier alpha value is -3.96. The van der Waals surface area contributed by atoms with Gasteiger partial charge in [-0.3, -0.25) is 10.1 Å². The van der Waals surface area contributed by atoms with E-state index in [9.17, 15) is 14.7 Å². The lowest BCUT2D eigenvalue weighted by Crippen LogP contribution is -2.43. The summed E-state index contributed by atoms with van der Waals surface area (Å²) in [5.41, 5.74) is 4.02. The smallest absolute Gasteiger partial charge is 0.411 e. The highest BCUT2D eigenvalue weighted by Crippen LogP contribution is 2.41. The lowest BCUT2D eigenvalue weighted by molar-refractivity contribution is 0.0584. The van der Waals surface area contributed by atoms with Crippen molar-refractivity contribution < 1.29 is 19.1 Å². The second kappa shape index (κ2) is 19.6. The van der Waals surface area contributed by atoms with Crippen molar-refractivity contribution >= 4 is 31.0 Å². The number of pyridine rings is 1. The SMILES string of the molecule is CC(C)(C)[Si](C)(C)O[C@@H](CNCCCCCCCCCN1CCC(OC(=O)Nc2ccccc2-c2ccccc2)CC1)c1ccc(O)c2[nH]c(=O)ccc12. The topological polar surface area (TPSA) is 116 Å². The number of likely N-dealkylation sites (tertiary alicyclic amines) is 1. The molecule has 9 nitrogen and oxygen atoms in total. The van der Waals surface area contributed by atoms with E-state index in [2.05, 4.69) is 54.4 Å². The molecule has 0 aliphatic carbocycles. The number of carbonyl (C=O) groups excluding carboxylic acids is 1. The van der Waals surface area contributed by atoms with Crippen molar-refractivity contribution in [3.8, 4) is 16.9 Å². The van der Waals surface area contributed by atoms with Crippen molar-refractivity contribution in [3.63, 3.8) is 0 Å². The van der Waals surface area contributed by atoms with Gasteiger partial charge < -0.3 is 29.5 Å². The van der Waals surface area contributed by atoms with Crippen molar-refractivity contribution in [2.45, 2.75) is 109 Å². The maximum Gasteiger partial charge on any atom is 0.411 e. The number of amides is 1. The lowest BCUT2D eigenvalue weighted by atomic mass is 10.0. The molecule has 10 heteroatoms. The number of phenols is 1. The number of unbranched alkanes of at least 4 members (excludes halogenated alkanes) is 6. The van der Waals surface area contributed by atoms with E-state index in [0.717, 1.165) is 73.2 Å². The molecule has 54 heavy (non-hydrogen) atoms. The molecule has 1 atom stereocenters. The minimum Gasteiger partial charge on any atom is -0.506 e. The number of phenolic OH excluding ortho intramolecular Hbond substituents is 1. The summed E-state index contributed by atoms with van der Waals surface area (Å²) in [5, 5.41) is 17.9. The molecule has 1 saturated heterocycles. The molecule has 1 amide bonds. The standard InChI is InChI=1S/C44H62N4O5Si/c1-44(2,3)54(4,5)53-40(36-22-24-39(49)42-37(36)23-25-41(50)47-42)32-45-28-16-9-7-6-8-10-17-29-48-30-26-34(27-31-48)52-43(51)46-38-21-15-14-20-35(38)33-18-12-11-13-19-33/h11-15,18-25,34,40,45,49H,6-10,16-17,26-32H2,1-5H3,(H,46,51)(H,47,50)/t40-/m0/s1. The van der Waals surface area contributed by atoms with Crippen molar-refractivity contribution in [2.75, 3.05) is 38.0 Å². The lowest BCUT2D eigenvalue weighted by Gasteiger charge is -2.39. The van der Waals surface area contributed by atoms with Gasteiger partial charge in [0.15, 0.2) is 8.32 Å². The number of nitrogens with one attached hydrogen (secondary N) is 3. The van der Waals surface area contributed by atoms with Gasteiger partial charge in [-0.1, -0.05) is 107 Å². The highest BCUT2D eigenvalue weighted by Gasteiger charge is 2.39. The molecule has 0 bridgehead atoms. The van der Waals surface area contributed by atoms with E-state index in [1.165, 1.54) is 44.6 Å². The quantitative estimate of drug-likeness (QED) is 0.0591. The van der Waals surface area contributed by atoms with Gasteiger partial charge in [0.05, 0.1) is 17.3 Å². The van der Waals surface area contributed by atoms with Crippen LogP contribution in [0.25, 0.3) is 22.0 Å². The molecule has 1 aromatic heterocycles. The zero-order valence-corrected chi connectivity index (χ0v) is 34.1. The number of piperidine rings is 1. The number of aromatic nitrogens is 1. The maximum atomic E-state index is 12.8. The van der Waals surface area contributed by atoms with Crippen LogP contribution in [-0.4, -0.2) is 68.2 Å². The van der Waals surface area contributed by atoms with E-state index < -0.39 is 8.32 Å². The molecule has 3 aromatic carbocycles. The van der Waals surface area contributed by atoms with E-state index in [1.54, 1.807) is 12.1 Å². The minimum absolute atomic E-state index is 0.0465. The zero-order chi connectivity index (χ0) is 38.6. The van der Waals surface area contributed by atoms with Crippen LogP contribution in [-0.2, 0) is 9.16 Å². The third-order valence-corrected chi connectivity index (χ3v) is 15.7. The van der Waals surface area contributed by atoms with Crippen molar-refractivity contribution in [1.82, 2.24) is 15.2 Å². The van der Waals surface area contributed by atoms with Crippen molar-refractivity contribution in [1.29, 1.82) is 0 Å². The van der Waals surface area contributed by atoms with Gasteiger partial charge in [-0.15, -0.1) is 0 Å². The van der Waals surface area contributed by atoms with Gasteiger partial charge in [-0.25, -0.2) is 4.79 Å². The number of carbonyl (C=O) groups is 1. The van der Waals surface area contributed by atoms with Crippen LogP contribution in [0.3, 0.4) is 0 Å². The van der Waals surface area contributed by atoms with Gasteiger partial charge in [-0.05, 0) is 86.2 Å². The van der Waals surface area contributed by atoms with Gasteiger partial charge in [0.25, 0.3) is 0 Å². The predicted octanol–water partition coefficient (Wildman–Crippen LogP) is 10.00. The Bertz CT molecular complexity index is 1830. The first kappa shape index (κ1) is 41.2. The number of para-hydroxylation sites is 1. The van der Waals surface area contributed by atoms with Crippen LogP contribution in [0.5, 0.6) is 5.75 Å². The summed E-state index contributed by atoms with van der Waals surface area (Å²) in [6.07, 6.45) is 9.65. The van der Waals surface area contributed by atoms with Crippen LogP contribution in [0.2, 0.25) is 18.1 Å². The Balaban J connectivity index is 0.942. The molecule has 1 aliphatic heterocycles. The molecule has 0 spiro atoms. The van der Waals surface area contributed by atoms with E-state index in [0.29, 0.717) is 12.1 Å². The van der Waals surface area contributed by atoms with Crippen LogP contribution in [0, 0.1) is 0 Å². The fourth-order valence-electron chi connectivity index (χ4n) is 6.99. The Kier molecular flexibility index (Phi) is 14.9. The predicted molar refractivity (Wildman–Crippen MR) is 224 cm³/mol. The largest absolute Gasteiger partial charge is 0.506 e. The summed E-state index contributed by atoms with van der Waals surface area (Å²) in [6, 6.07) is 24.8. The number of fused-ring (bicyclic) bond motifs is 1. The van der Waals surface area contributed by atoms with Gasteiger partial charge in [0, 0.05) is 36.7 Å². The summed E-state index contributed by atoms with van der Waals surface area (Å²) in [5.74, 6) is 0.0703. The first-order valence-electron chi connectivity index (χ1n) is 20.0. The van der Waals surface area contributed by atoms with Gasteiger partial charge in [-0.2, -0.15) is 0 Å². The molecule has 1 fully saturated rings. The molecule has 4 N–H and O–H groups in total. The van der Waals surface area contributed by atoms with Crippen molar-refractivity contribution in [2.24, 2.45) is 0 Å². The molecule has 2 heterocycles. The monoisotopic (exact) mass is 754 g/mol. The Labute approximate surface area is 323 Å². The second-order valence-electron chi connectivity index (χ2n) is 16.3. The molecular formula is C44H62N4O5Si. The fourth-order valence-corrected chi connectivity index (χ4v) is 8.27. The zero-order valence-electron chi connectivity index (χ0n) is 33.1. The first-order valence-corrected chi connectivity index (χ1v) is 22.9. The number of hydrogen-bond acceptors (Lipinski definition) is 7. The number of nitrogens with zero attached hydrogens (tertiary/aromatic N) is 1. The fraction of sp³-hybridized carbons (Fsp3) is 0.500. The third-order valence-electron chi connectivity index (χ3n) is 11.2. The van der Waals surface area contributed by atoms with Gasteiger partial charge in [0.2, 0.25) is 5.56 Å². The number of hydrogen-bond donors (Lipinski definition) is 4. The molecule has 0 unspecified atom stereocenters. The first-order chi connectivity index (χ1) is 25.9. The van der Waals surface area contributed by atoms with Crippen LogP contribution in [0.4, 0.5) is 10.5 Å². The normalized spacial score (nSPS) is 15.0. The van der Waals surface area contributed by atoms with E-state index >= 15 is 0 Å². The maximum absolute atomic E-state index is 12.8. The highest BCUT2D eigenvalue weighted by molar-refractivity contribution is 6.74. The molecule has 292 valence electrons. The van der Waals surface area contributed by atoms with Gasteiger partial charge in [0.1, 0.15) is 11.9 Å². The number of aromatic hydroxyl groups is 1. The van der Waals surface area contributed by atoms with E-state index in [1.807, 2.05) is 60.7 Å². The highest BCUT2D eigenvalue weighted by atomic mass is 28.4. The van der Waals surface area contributed by atoms with Gasteiger partial charge >= 0.3 is 6.09 Å². The number of aromatic amines is 1. The molecule has 4 aromatic rings. The second-order valence-corrected chi connectivity index (χ2v) is 21.1. The van der Waals surface area contributed by atoms with Crippen LogP contribution in [0.1, 0.15) is 90.2 Å². The summed E-state index contributed by atoms with van der Waals surface area (Å²) in [6.45, 7) is 15.9. The number of benzene rings is 3. The van der Waals surface area contributed by atoms with Crippen LogP contribution >= 0.6 is 0 Å². The van der Waals surface area contributed by atoms with Crippen molar-refractivity contribution in [3.05, 3.63) is 94.8 Å². The average Bonchev–Trinajstić information content (AvgIpc) is 3.14. The summed E-state index contributed by atoms with van der Waals surface area (Å²) < 4.78 is 12.7. The Morgan fingerprint density at radius 1 is 0.889 bits per heavy atom. The summed E-state index contributed by atoms with van der Waals surface area (Å²) >= 11 is 0. The molecule has 1 aliphatic rings. The summed E-state index contributed by atoms with van der Waals surface area (Å²) in [4.78, 5) is 30.1. The van der Waals surface area contributed by atoms with E-state index in [-0.39, 0.29) is 34.6 Å². The Morgan fingerprint density at radius 2 is 1.56 bits per heavy atom. The molecule has 5 rings (SSSR count). The molecule has 0 radical (unpaired) electrons. The average molecular weight is 755 g/mol. The minimum atomic E-state index is -2.10. The number of ether oxygens (including phenoxy) is 1. The van der Waals surface area contributed by atoms with E-state index in [4.69, 9.17) is 9.16 Å². The van der Waals surface area contributed by atoms with Crippen LogP contribution < -0.4 is 16.2 Å². The number of rotatable bonds is 18. The number of H-pyrrole nitrogens is 1. The Morgan fingerprint density at radius 3 is 2.28 bits per heavy atom. The van der Waals surface area contributed by atoms with Crippen LogP contribution in [0.15, 0.2) is 83.7 Å². The number of anilines is 1.